The van der Waals surface area contributed by atoms with Gasteiger partial charge in [-0.3, -0.25) is 4.79 Å². The van der Waals surface area contributed by atoms with E-state index >= 15 is 0 Å². The van der Waals surface area contributed by atoms with Crippen LogP contribution in [0.4, 0.5) is 0 Å². The Kier molecular flexibility index (Phi) is 16.5. The minimum absolute atomic E-state index is 0. The summed E-state index contributed by atoms with van der Waals surface area (Å²) in [4.78, 5) is 19.1. The standard InChI is InChI=1S/C22H39N5O2.HI/c1-6-18(3)26-21(28)20-11-9-19(10-12-20)17-25-22(23-7-2)24-13-15-27(4)14-8-16-29-5;/h9-12,18H,6-8,13-17H2,1-5H3,(H,26,28)(H2,23,24,25);1H. The predicted octanol–water partition coefficient (Wildman–Crippen LogP) is 2.86. The Morgan fingerprint density at radius 3 is 2.47 bits per heavy atom. The van der Waals surface area contributed by atoms with Gasteiger partial charge in [-0.25, -0.2) is 4.99 Å². The van der Waals surface area contributed by atoms with Crippen molar-refractivity contribution in [2.45, 2.75) is 46.2 Å². The summed E-state index contributed by atoms with van der Waals surface area (Å²) in [5, 5.41) is 9.63. The first-order chi connectivity index (χ1) is 14.0. The van der Waals surface area contributed by atoms with E-state index < -0.39 is 0 Å². The van der Waals surface area contributed by atoms with Crippen LogP contribution in [0.2, 0.25) is 0 Å². The van der Waals surface area contributed by atoms with E-state index in [1.165, 1.54) is 0 Å². The molecule has 0 heterocycles. The molecule has 0 saturated heterocycles. The lowest BCUT2D eigenvalue weighted by Gasteiger charge is -2.18. The van der Waals surface area contributed by atoms with E-state index in [2.05, 4.69) is 46.7 Å². The van der Waals surface area contributed by atoms with Crippen LogP contribution < -0.4 is 16.0 Å². The van der Waals surface area contributed by atoms with Crippen LogP contribution in [0.5, 0.6) is 0 Å². The van der Waals surface area contributed by atoms with Crippen molar-refractivity contribution in [3.8, 4) is 0 Å². The van der Waals surface area contributed by atoms with E-state index in [0.29, 0.717) is 12.1 Å². The molecule has 0 radical (unpaired) electrons. The van der Waals surface area contributed by atoms with Gasteiger partial charge in [0.15, 0.2) is 5.96 Å². The summed E-state index contributed by atoms with van der Waals surface area (Å²) >= 11 is 0. The van der Waals surface area contributed by atoms with Crippen molar-refractivity contribution in [2.24, 2.45) is 4.99 Å². The van der Waals surface area contributed by atoms with Crippen LogP contribution in [0.15, 0.2) is 29.3 Å². The van der Waals surface area contributed by atoms with Gasteiger partial charge in [0.05, 0.1) is 6.54 Å². The molecule has 0 aliphatic carbocycles. The van der Waals surface area contributed by atoms with Crippen LogP contribution in [0.1, 0.15) is 49.5 Å². The van der Waals surface area contributed by atoms with Crippen molar-refractivity contribution in [3.63, 3.8) is 0 Å². The zero-order valence-corrected chi connectivity index (χ0v) is 21.5. The third-order valence-corrected chi connectivity index (χ3v) is 4.64. The minimum Gasteiger partial charge on any atom is -0.385 e. The van der Waals surface area contributed by atoms with Crippen molar-refractivity contribution >= 4 is 35.8 Å². The third-order valence-electron chi connectivity index (χ3n) is 4.64. The topological polar surface area (TPSA) is 78.0 Å². The van der Waals surface area contributed by atoms with Gasteiger partial charge in [0.1, 0.15) is 0 Å². The van der Waals surface area contributed by atoms with Crippen LogP contribution in [-0.4, -0.2) is 69.8 Å². The molecule has 0 spiro atoms. The van der Waals surface area contributed by atoms with Gasteiger partial charge < -0.3 is 25.6 Å². The van der Waals surface area contributed by atoms with Crippen LogP contribution in [0.3, 0.4) is 0 Å². The Morgan fingerprint density at radius 1 is 1.17 bits per heavy atom. The number of amides is 1. The molecule has 1 unspecified atom stereocenters. The first kappa shape index (κ1) is 28.6. The van der Waals surface area contributed by atoms with Gasteiger partial charge in [-0.2, -0.15) is 0 Å². The molecular formula is C22H40IN5O2. The third kappa shape index (κ3) is 12.3. The molecular weight excluding hydrogens is 493 g/mol. The van der Waals surface area contributed by atoms with Gasteiger partial charge in [-0.05, 0) is 51.4 Å². The number of benzene rings is 1. The highest BCUT2D eigenvalue weighted by atomic mass is 127. The number of halogens is 1. The number of hydrogen-bond donors (Lipinski definition) is 3. The van der Waals surface area contributed by atoms with Crippen LogP contribution in [0, 0.1) is 0 Å². The molecule has 3 N–H and O–H groups in total. The second-order valence-corrected chi connectivity index (χ2v) is 7.25. The van der Waals surface area contributed by atoms with Gasteiger partial charge in [0.25, 0.3) is 5.91 Å². The smallest absolute Gasteiger partial charge is 0.251 e. The number of nitrogens with one attached hydrogen (secondary N) is 3. The molecule has 0 saturated carbocycles. The summed E-state index contributed by atoms with van der Waals surface area (Å²) in [6.07, 6.45) is 1.95. The Hall–Kier alpha value is -1.39. The Labute approximate surface area is 199 Å². The van der Waals surface area contributed by atoms with Crippen molar-refractivity contribution in [2.75, 3.05) is 46.9 Å². The highest BCUT2D eigenvalue weighted by molar-refractivity contribution is 14.0. The van der Waals surface area contributed by atoms with Crippen molar-refractivity contribution < 1.29 is 9.53 Å². The molecule has 0 fully saturated rings. The monoisotopic (exact) mass is 533 g/mol. The molecule has 1 amide bonds. The predicted molar refractivity (Wildman–Crippen MR) is 136 cm³/mol. The number of ether oxygens (including phenoxy) is 1. The molecule has 1 aromatic rings. The fourth-order valence-electron chi connectivity index (χ4n) is 2.64. The maximum Gasteiger partial charge on any atom is 0.251 e. The molecule has 172 valence electrons. The van der Waals surface area contributed by atoms with E-state index in [-0.39, 0.29) is 35.9 Å². The lowest BCUT2D eigenvalue weighted by molar-refractivity contribution is 0.0939. The normalized spacial score (nSPS) is 12.3. The zero-order chi connectivity index (χ0) is 21.5. The second kappa shape index (κ2) is 17.3. The maximum atomic E-state index is 12.2. The number of likely N-dealkylation sites (N-methyl/N-ethyl adjacent to an activating group) is 1. The number of methoxy groups -OCH3 is 1. The average molecular weight is 533 g/mol. The second-order valence-electron chi connectivity index (χ2n) is 7.25. The SMILES string of the molecule is CCNC(=NCc1ccc(C(=O)NC(C)CC)cc1)NCCN(C)CCCOC.I. The summed E-state index contributed by atoms with van der Waals surface area (Å²) in [6, 6.07) is 7.82. The zero-order valence-electron chi connectivity index (χ0n) is 19.2. The first-order valence-electron chi connectivity index (χ1n) is 10.6. The Balaban J connectivity index is 0.00000841. The molecule has 8 heteroatoms. The Bertz CT molecular complexity index is 610. The van der Waals surface area contributed by atoms with Crippen LogP contribution >= 0.6 is 24.0 Å². The Morgan fingerprint density at radius 2 is 1.87 bits per heavy atom. The van der Waals surface area contributed by atoms with E-state index in [1.807, 2.05) is 31.2 Å². The van der Waals surface area contributed by atoms with Gasteiger partial charge in [0.2, 0.25) is 0 Å². The summed E-state index contributed by atoms with van der Waals surface area (Å²) in [5.41, 5.74) is 1.75. The highest BCUT2D eigenvalue weighted by Gasteiger charge is 2.08. The molecule has 1 aromatic carbocycles. The molecule has 0 aliphatic rings. The number of hydrogen-bond acceptors (Lipinski definition) is 4. The fraction of sp³-hybridized carbons (Fsp3) is 0.636. The summed E-state index contributed by atoms with van der Waals surface area (Å²) in [5.74, 6) is 0.774. The molecule has 0 aliphatic heterocycles. The molecule has 0 bridgehead atoms. The maximum absolute atomic E-state index is 12.2. The number of aliphatic imine (C=N–C) groups is 1. The molecule has 7 nitrogen and oxygen atoms in total. The van der Waals surface area contributed by atoms with Crippen molar-refractivity contribution in [1.82, 2.24) is 20.9 Å². The van der Waals surface area contributed by atoms with Crippen molar-refractivity contribution in [3.05, 3.63) is 35.4 Å². The summed E-state index contributed by atoms with van der Waals surface area (Å²) in [7, 11) is 3.84. The molecule has 30 heavy (non-hydrogen) atoms. The number of carbonyl (C=O) groups excluding carboxylic acids is 1. The van der Waals surface area contributed by atoms with Gasteiger partial charge >= 0.3 is 0 Å². The number of carbonyl (C=O) groups is 1. The van der Waals surface area contributed by atoms with Crippen LogP contribution in [-0.2, 0) is 11.3 Å². The quantitative estimate of drug-likeness (QED) is 0.157. The van der Waals surface area contributed by atoms with Crippen molar-refractivity contribution in [1.29, 1.82) is 0 Å². The lowest BCUT2D eigenvalue weighted by Crippen LogP contribution is -2.41. The lowest BCUT2D eigenvalue weighted by atomic mass is 10.1. The number of nitrogens with zero attached hydrogens (tertiary/aromatic N) is 2. The molecule has 1 atom stereocenters. The average Bonchev–Trinajstić information content (AvgIpc) is 2.72. The fourth-order valence-corrected chi connectivity index (χ4v) is 2.64. The summed E-state index contributed by atoms with van der Waals surface area (Å²) in [6.45, 7) is 11.1. The number of rotatable bonds is 13. The van der Waals surface area contributed by atoms with E-state index in [4.69, 9.17) is 4.74 Å². The van der Waals surface area contributed by atoms with Gasteiger partial charge in [-0.15, -0.1) is 24.0 Å². The highest BCUT2D eigenvalue weighted by Crippen LogP contribution is 2.06. The first-order valence-corrected chi connectivity index (χ1v) is 10.6. The molecule has 0 aromatic heterocycles. The van der Waals surface area contributed by atoms with E-state index in [9.17, 15) is 4.79 Å². The largest absolute Gasteiger partial charge is 0.385 e. The number of guanidine groups is 1. The van der Waals surface area contributed by atoms with Crippen LogP contribution in [0.25, 0.3) is 0 Å². The van der Waals surface area contributed by atoms with Gasteiger partial charge in [0, 0.05) is 51.5 Å². The van der Waals surface area contributed by atoms with E-state index in [0.717, 1.165) is 57.2 Å². The molecule has 1 rings (SSSR count). The van der Waals surface area contributed by atoms with E-state index in [1.54, 1.807) is 7.11 Å². The van der Waals surface area contributed by atoms with Gasteiger partial charge in [-0.1, -0.05) is 19.1 Å². The minimum atomic E-state index is -0.0287. The summed E-state index contributed by atoms with van der Waals surface area (Å²) < 4.78 is 5.09.